The zero-order valence-corrected chi connectivity index (χ0v) is 19.5. The molecule has 0 spiro atoms. The second kappa shape index (κ2) is 11.4. The van der Waals surface area contributed by atoms with E-state index in [9.17, 15) is 29.8 Å². The van der Waals surface area contributed by atoms with E-state index in [1.807, 2.05) is 6.07 Å². The molecule has 34 heavy (non-hydrogen) atoms. The first-order chi connectivity index (χ1) is 16.2. The van der Waals surface area contributed by atoms with Crippen molar-refractivity contribution in [3.63, 3.8) is 0 Å². The lowest BCUT2D eigenvalue weighted by molar-refractivity contribution is -0.757. The summed E-state index contributed by atoms with van der Waals surface area (Å²) in [7, 11) is 2.98. The normalized spacial score (nSPS) is 10.4. The number of hydrogen-bond donors (Lipinski definition) is 0. The Balaban J connectivity index is 1.74. The number of benzene rings is 2. The number of rotatable bonds is 10. The van der Waals surface area contributed by atoms with Crippen molar-refractivity contribution >= 4 is 50.5 Å². The summed E-state index contributed by atoms with van der Waals surface area (Å²) in [5.74, 6) is -1.85. The number of non-ortho nitro benzene ring substituents is 1. The molecule has 3 rings (SSSR count). The third-order valence-corrected chi connectivity index (χ3v) is 7.06. The Morgan fingerprint density at radius 3 is 2.32 bits per heavy atom. The molecular weight excluding hydrogens is 508 g/mol. The lowest BCUT2D eigenvalue weighted by Gasteiger charge is -2.10. The second-order valence-electron chi connectivity index (χ2n) is 6.48. The van der Waals surface area contributed by atoms with Gasteiger partial charge < -0.3 is 14.3 Å². The summed E-state index contributed by atoms with van der Waals surface area (Å²) in [6.45, 7) is -0.312. The first-order valence-electron chi connectivity index (χ1n) is 9.42. The quantitative estimate of drug-likeness (QED) is 0.0659. The van der Waals surface area contributed by atoms with Gasteiger partial charge >= 0.3 is 11.9 Å². The monoisotopic (exact) mass is 522 g/mol. The van der Waals surface area contributed by atoms with E-state index in [1.54, 1.807) is 24.3 Å². The Morgan fingerprint density at radius 2 is 1.71 bits per heavy atom. The average molecular weight is 523 g/mol. The molecule has 0 N–H and O–H groups in total. The molecule has 0 saturated carbocycles. The highest BCUT2D eigenvalue weighted by molar-refractivity contribution is 7.80. The fraction of sp³-hybridized carbons (Fsp3) is 0.150. The van der Waals surface area contributed by atoms with Crippen LogP contribution in [0.1, 0.15) is 23.2 Å². The molecule has 0 aliphatic rings. The summed E-state index contributed by atoms with van der Waals surface area (Å²) < 4.78 is 11.2. The van der Waals surface area contributed by atoms with E-state index in [2.05, 4.69) is 4.84 Å². The van der Waals surface area contributed by atoms with E-state index in [1.165, 1.54) is 20.7 Å². The molecule has 1 aromatic heterocycles. The predicted molar refractivity (Wildman–Crippen MR) is 124 cm³/mol. The lowest BCUT2D eigenvalue weighted by Crippen LogP contribution is -2.15. The summed E-state index contributed by atoms with van der Waals surface area (Å²) in [5, 5.41) is 20.3. The van der Waals surface area contributed by atoms with Crippen LogP contribution in [0.25, 0.3) is 10.4 Å². The maximum Gasteiger partial charge on any atom is 0.347 e. The Morgan fingerprint density at radius 1 is 0.971 bits per heavy atom. The van der Waals surface area contributed by atoms with E-state index in [0.29, 0.717) is 0 Å². The van der Waals surface area contributed by atoms with E-state index in [0.717, 1.165) is 32.5 Å². The second-order valence-corrected chi connectivity index (χ2v) is 9.39. The third-order valence-electron chi connectivity index (χ3n) is 4.15. The van der Waals surface area contributed by atoms with Crippen LogP contribution in [0.4, 0.5) is 5.69 Å². The number of carbonyl (C=O) groups excluding carboxylic acids is 2. The van der Waals surface area contributed by atoms with Gasteiger partial charge in [0.2, 0.25) is 0 Å². The summed E-state index contributed by atoms with van der Waals surface area (Å²) >= 11 is 5.12. The van der Waals surface area contributed by atoms with Gasteiger partial charge in [-0.2, -0.15) is 0 Å². The van der Waals surface area contributed by atoms with Crippen molar-refractivity contribution in [1.82, 2.24) is 0 Å². The molecule has 176 valence electrons. The van der Waals surface area contributed by atoms with Crippen LogP contribution < -0.4 is 9.47 Å². The molecule has 0 bridgehead atoms. The van der Waals surface area contributed by atoms with E-state index in [-0.39, 0.29) is 36.5 Å². The molecular formula is C20H14N2O9S3. The summed E-state index contributed by atoms with van der Waals surface area (Å²) in [5.41, 5.74) is 0.146. The molecule has 0 fully saturated rings. The van der Waals surface area contributed by atoms with Gasteiger partial charge in [-0.25, -0.2) is 4.79 Å². The van der Waals surface area contributed by atoms with Crippen molar-refractivity contribution in [1.29, 1.82) is 0 Å². The van der Waals surface area contributed by atoms with Crippen LogP contribution >= 0.6 is 32.9 Å². The summed E-state index contributed by atoms with van der Waals surface area (Å²) in [6, 6.07) is 11.5. The number of carbonyl (C=O) groups is 2. The smallest absolute Gasteiger partial charge is 0.347 e. The summed E-state index contributed by atoms with van der Waals surface area (Å²) in [6.07, 6.45) is -0.243. The molecule has 0 atom stereocenters. The Labute approximate surface area is 203 Å². The molecule has 14 heteroatoms. The van der Waals surface area contributed by atoms with E-state index >= 15 is 0 Å². The lowest BCUT2D eigenvalue weighted by atomic mass is 10.1. The van der Waals surface area contributed by atoms with E-state index in [4.69, 9.17) is 21.7 Å². The van der Waals surface area contributed by atoms with Gasteiger partial charge in [-0.15, -0.1) is 10.1 Å². The molecule has 0 saturated heterocycles. The van der Waals surface area contributed by atoms with Crippen molar-refractivity contribution in [3.8, 4) is 21.9 Å². The van der Waals surface area contributed by atoms with Gasteiger partial charge in [-0.3, -0.25) is 14.9 Å². The number of nitro benzene ring substituents is 1. The molecule has 0 unspecified atom stereocenters. The van der Waals surface area contributed by atoms with Crippen molar-refractivity contribution in [2.24, 2.45) is 0 Å². The highest BCUT2D eigenvalue weighted by atomic mass is 32.9. The minimum atomic E-state index is -0.986. The van der Waals surface area contributed by atoms with Crippen molar-refractivity contribution in [2.75, 3.05) is 6.61 Å². The fourth-order valence-corrected chi connectivity index (χ4v) is 5.03. The van der Waals surface area contributed by atoms with Crippen LogP contribution in [0.3, 0.4) is 0 Å². The topological polar surface area (TPSA) is 148 Å². The zero-order valence-electron chi connectivity index (χ0n) is 17.0. The van der Waals surface area contributed by atoms with Crippen molar-refractivity contribution < 1.29 is 33.9 Å². The minimum absolute atomic E-state index is 0.00310. The highest BCUT2D eigenvalue weighted by Gasteiger charge is 2.22. The molecule has 3 aromatic rings. The fourth-order valence-electron chi connectivity index (χ4n) is 2.63. The predicted octanol–water partition coefficient (Wildman–Crippen LogP) is 5.23. The van der Waals surface area contributed by atoms with Crippen LogP contribution in [0.15, 0.2) is 48.5 Å². The average Bonchev–Trinajstić information content (AvgIpc) is 3.23. The van der Waals surface area contributed by atoms with Gasteiger partial charge in [-0.05, 0) is 48.4 Å². The largest absolute Gasteiger partial charge is 0.426 e. The molecule has 11 nitrogen and oxygen atoms in total. The van der Waals surface area contributed by atoms with Gasteiger partial charge in [0, 0.05) is 23.4 Å². The van der Waals surface area contributed by atoms with Crippen molar-refractivity contribution in [2.45, 2.75) is 12.8 Å². The molecule has 1 heterocycles. The van der Waals surface area contributed by atoms with Crippen LogP contribution in [-0.2, 0) is 9.63 Å². The standard InChI is InChI=1S/C20H14N2O9S3/c23-18(2-1-9-29-22(27)28)31-16-8-5-13(21(25)26)10-15(16)20(24)30-14-6-3-12(4-7-14)17-11-19(32)34-33-17/h3-8,10-11H,1-2,9H2. The molecule has 0 aliphatic carbocycles. The minimum Gasteiger partial charge on any atom is -0.426 e. The van der Waals surface area contributed by atoms with Crippen LogP contribution in [0, 0.1) is 24.1 Å². The molecule has 0 amide bonds. The Hall–Kier alpha value is -3.75. The van der Waals surface area contributed by atoms with Crippen LogP contribution in [0.5, 0.6) is 11.5 Å². The van der Waals surface area contributed by atoms with Gasteiger partial charge in [0.25, 0.3) is 10.8 Å². The SMILES string of the molecule is O=C(CCCO[N+](=O)[O-])Oc1ccc([N+](=O)[O-])cc1C(=O)Oc1ccc(-c2cc(=S)ss2)cc1. The zero-order chi connectivity index (χ0) is 24.7. The number of nitrogens with zero attached hydrogens (tertiary/aromatic N) is 2. The number of hydrogen-bond acceptors (Lipinski definition) is 12. The van der Waals surface area contributed by atoms with Gasteiger partial charge in [0.1, 0.15) is 20.9 Å². The number of ether oxygens (including phenoxy) is 2. The third kappa shape index (κ3) is 6.87. The van der Waals surface area contributed by atoms with Gasteiger partial charge in [0.15, 0.2) is 0 Å². The van der Waals surface area contributed by atoms with E-state index < -0.39 is 27.6 Å². The Bertz CT molecular complexity index is 1280. The number of nitro groups is 1. The molecule has 0 aliphatic heterocycles. The van der Waals surface area contributed by atoms with Gasteiger partial charge in [0.05, 0.1) is 11.5 Å². The molecule has 2 aromatic carbocycles. The maximum absolute atomic E-state index is 12.7. The summed E-state index contributed by atoms with van der Waals surface area (Å²) in [4.78, 5) is 50.4. The number of esters is 2. The Kier molecular flexibility index (Phi) is 8.34. The van der Waals surface area contributed by atoms with Gasteiger partial charge in [-0.1, -0.05) is 32.9 Å². The van der Waals surface area contributed by atoms with Crippen LogP contribution in [0.2, 0.25) is 0 Å². The first-order valence-corrected chi connectivity index (χ1v) is 12.0. The first kappa shape index (κ1) is 24.9. The molecule has 0 radical (unpaired) electrons. The highest BCUT2D eigenvalue weighted by Crippen LogP contribution is 2.31. The maximum atomic E-state index is 12.7. The van der Waals surface area contributed by atoms with Crippen molar-refractivity contribution in [3.05, 3.63) is 78.1 Å². The van der Waals surface area contributed by atoms with Crippen LogP contribution in [-0.4, -0.2) is 28.6 Å².